The minimum atomic E-state index is 0.203. The molecule has 2 heterocycles. The zero-order chi connectivity index (χ0) is 16.4. The fourth-order valence-electron chi connectivity index (χ4n) is 3.35. The summed E-state index contributed by atoms with van der Waals surface area (Å²) in [5.41, 5.74) is 9.18. The summed E-state index contributed by atoms with van der Waals surface area (Å²) in [6, 6.07) is 0.471. The van der Waals surface area contributed by atoms with Crippen LogP contribution in [0.15, 0.2) is 0 Å². The van der Waals surface area contributed by atoms with Gasteiger partial charge in [-0.1, -0.05) is 13.8 Å². The molecule has 0 saturated carbocycles. The van der Waals surface area contributed by atoms with Crippen LogP contribution >= 0.6 is 0 Å². The molecule has 124 valence electrons. The van der Waals surface area contributed by atoms with Crippen molar-refractivity contribution in [2.45, 2.75) is 72.5 Å². The molecule has 1 fully saturated rings. The highest BCUT2D eigenvalue weighted by atomic mass is 16.2. The van der Waals surface area contributed by atoms with Crippen molar-refractivity contribution in [2.75, 3.05) is 6.54 Å². The Morgan fingerprint density at radius 3 is 2.68 bits per heavy atom. The van der Waals surface area contributed by atoms with E-state index < -0.39 is 0 Å². The molecule has 1 amide bonds. The topological polar surface area (TPSA) is 64.2 Å². The first-order valence-electron chi connectivity index (χ1n) is 8.37. The Morgan fingerprint density at radius 2 is 2.09 bits per heavy atom. The average molecular weight is 306 g/mol. The van der Waals surface area contributed by atoms with Gasteiger partial charge >= 0.3 is 0 Å². The van der Waals surface area contributed by atoms with Crippen LogP contribution in [0.3, 0.4) is 0 Å². The molecule has 22 heavy (non-hydrogen) atoms. The van der Waals surface area contributed by atoms with Crippen LogP contribution in [-0.4, -0.2) is 39.2 Å². The van der Waals surface area contributed by atoms with Crippen molar-refractivity contribution in [3.63, 3.8) is 0 Å². The highest BCUT2D eigenvalue weighted by Crippen LogP contribution is 2.20. The molecule has 1 aromatic rings. The van der Waals surface area contributed by atoms with Crippen molar-refractivity contribution in [2.24, 2.45) is 11.7 Å². The Balaban J connectivity index is 2.10. The third-order valence-corrected chi connectivity index (χ3v) is 4.63. The molecule has 2 atom stereocenters. The lowest BCUT2D eigenvalue weighted by molar-refractivity contribution is -0.133. The van der Waals surface area contributed by atoms with Gasteiger partial charge in [0.2, 0.25) is 5.91 Å². The van der Waals surface area contributed by atoms with Crippen molar-refractivity contribution >= 4 is 5.91 Å². The second kappa shape index (κ2) is 6.82. The number of amides is 1. The largest absolute Gasteiger partial charge is 0.340 e. The first kappa shape index (κ1) is 17.0. The first-order chi connectivity index (χ1) is 10.3. The minimum absolute atomic E-state index is 0.203. The van der Waals surface area contributed by atoms with E-state index in [1.807, 2.05) is 16.5 Å². The molecular formula is C17H30N4O. The number of hydrogen-bond acceptors (Lipinski definition) is 3. The second-order valence-corrected chi connectivity index (χ2v) is 7.12. The van der Waals surface area contributed by atoms with Gasteiger partial charge in [-0.15, -0.1) is 0 Å². The summed E-state index contributed by atoms with van der Waals surface area (Å²) in [4.78, 5) is 14.7. The molecule has 2 rings (SSSR count). The Morgan fingerprint density at radius 1 is 1.41 bits per heavy atom. The van der Waals surface area contributed by atoms with Gasteiger partial charge in [-0.25, -0.2) is 0 Å². The van der Waals surface area contributed by atoms with E-state index in [0.29, 0.717) is 12.3 Å². The number of carbonyl (C=O) groups is 1. The van der Waals surface area contributed by atoms with Gasteiger partial charge < -0.3 is 10.6 Å². The van der Waals surface area contributed by atoms with Crippen LogP contribution in [0.4, 0.5) is 0 Å². The van der Waals surface area contributed by atoms with E-state index in [-0.39, 0.29) is 18.0 Å². The number of carbonyl (C=O) groups excluding carboxylic acids is 1. The zero-order valence-electron chi connectivity index (χ0n) is 14.6. The van der Waals surface area contributed by atoms with Gasteiger partial charge in [-0.2, -0.15) is 5.10 Å². The van der Waals surface area contributed by atoms with Crippen LogP contribution in [0.25, 0.3) is 0 Å². The second-order valence-electron chi connectivity index (χ2n) is 7.12. The minimum Gasteiger partial charge on any atom is -0.340 e. The molecule has 0 radical (unpaired) electrons. The predicted molar refractivity (Wildman–Crippen MR) is 88.6 cm³/mol. The lowest BCUT2D eigenvalue weighted by Gasteiger charge is -2.36. The maximum Gasteiger partial charge on any atom is 0.227 e. The third kappa shape index (κ3) is 3.69. The van der Waals surface area contributed by atoms with Crippen molar-refractivity contribution in [3.8, 4) is 0 Å². The predicted octanol–water partition coefficient (Wildman–Crippen LogP) is 2.04. The molecule has 0 aliphatic carbocycles. The number of rotatable bonds is 4. The van der Waals surface area contributed by atoms with Crippen LogP contribution in [0.5, 0.6) is 0 Å². The molecule has 5 heteroatoms. The zero-order valence-corrected chi connectivity index (χ0v) is 14.6. The number of aryl methyl sites for hydroxylation is 1. The number of nitrogens with two attached hydrogens (primary N) is 1. The van der Waals surface area contributed by atoms with E-state index in [1.165, 1.54) is 0 Å². The van der Waals surface area contributed by atoms with Crippen LogP contribution in [0.2, 0.25) is 0 Å². The van der Waals surface area contributed by atoms with E-state index in [1.54, 1.807) is 0 Å². The summed E-state index contributed by atoms with van der Waals surface area (Å²) in [5, 5.41) is 4.61. The molecule has 5 nitrogen and oxygen atoms in total. The van der Waals surface area contributed by atoms with Crippen molar-refractivity contribution in [1.29, 1.82) is 0 Å². The number of likely N-dealkylation sites (tertiary alicyclic amines) is 1. The third-order valence-electron chi connectivity index (χ3n) is 4.63. The maximum absolute atomic E-state index is 12.7. The smallest absolute Gasteiger partial charge is 0.227 e. The summed E-state index contributed by atoms with van der Waals surface area (Å²) < 4.78 is 2.04. The van der Waals surface area contributed by atoms with Gasteiger partial charge in [0.05, 0.1) is 12.1 Å². The summed E-state index contributed by atoms with van der Waals surface area (Å²) >= 11 is 0. The average Bonchev–Trinajstić information content (AvgIpc) is 2.65. The van der Waals surface area contributed by atoms with Gasteiger partial charge in [0.25, 0.3) is 0 Å². The normalized spacial score (nSPS) is 22.4. The lowest BCUT2D eigenvalue weighted by Crippen LogP contribution is -2.48. The molecule has 0 spiro atoms. The monoisotopic (exact) mass is 306 g/mol. The highest BCUT2D eigenvalue weighted by Gasteiger charge is 2.28. The van der Waals surface area contributed by atoms with E-state index >= 15 is 0 Å². The quantitative estimate of drug-likeness (QED) is 0.926. The number of aromatic nitrogens is 2. The number of piperidine rings is 1. The summed E-state index contributed by atoms with van der Waals surface area (Å²) in [5.74, 6) is 0.750. The van der Waals surface area contributed by atoms with E-state index in [0.717, 1.165) is 42.9 Å². The van der Waals surface area contributed by atoms with Gasteiger partial charge in [-0.05, 0) is 39.5 Å². The van der Waals surface area contributed by atoms with Gasteiger partial charge in [-0.3, -0.25) is 9.48 Å². The van der Waals surface area contributed by atoms with Gasteiger partial charge in [0.15, 0.2) is 0 Å². The standard InChI is InChI=1S/C17H30N4O/c1-11(2)10-21-14(5)16(13(4)19-21)9-17(22)20-7-6-15(18)8-12(20)3/h11-12,15H,6-10,18H2,1-5H3/t12-,15-/m0/s1. The van der Waals surface area contributed by atoms with Gasteiger partial charge in [0, 0.05) is 36.4 Å². The molecule has 1 aliphatic heterocycles. The van der Waals surface area contributed by atoms with E-state index in [2.05, 4.69) is 32.8 Å². The van der Waals surface area contributed by atoms with Crippen molar-refractivity contribution in [1.82, 2.24) is 14.7 Å². The Labute approximate surface area is 133 Å². The van der Waals surface area contributed by atoms with Crippen molar-refractivity contribution in [3.05, 3.63) is 17.0 Å². The molecule has 0 bridgehead atoms. The molecular weight excluding hydrogens is 276 g/mol. The fourth-order valence-corrected chi connectivity index (χ4v) is 3.35. The molecule has 0 unspecified atom stereocenters. The first-order valence-corrected chi connectivity index (χ1v) is 8.37. The molecule has 2 N–H and O–H groups in total. The highest BCUT2D eigenvalue weighted by molar-refractivity contribution is 5.79. The Kier molecular flexibility index (Phi) is 5.27. The number of hydrogen-bond donors (Lipinski definition) is 1. The van der Waals surface area contributed by atoms with Crippen LogP contribution in [0, 0.1) is 19.8 Å². The van der Waals surface area contributed by atoms with E-state index in [9.17, 15) is 4.79 Å². The summed E-state index contributed by atoms with van der Waals surface area (Å²) in [7, 11) is 0. The van der Waals surface area contributed by atoms with Gasteiger partial charge in [0.1, 0.15) is 0 Å². The number of nitrogens with zero attached hydrogens (tertiary/aromatic N) is 3. The maximum atomic E-state index is 12.7. The lowest BCUT2D eigenvalue weighted by atomic mass is 9.98. The van der Waals surface area contributed by atoms with Crippen molar-refractivity contribution < 1.29 is 4.79 Å². The molecule has 0 aromatic carbocycles. The van der Waals surface area contributed by atoms with Crippen LogP contribution < -0.4 is 5.73 Å². The summed E-state index contributed by atoms with van der Waals surface area (Å²) in [6.07, 6.45) is 2.26. The SMILES string of the molecule is Cc1nn(CC(C)C)c(C)c1CC(=O)N1CC[C@H](N)C[C@@H]1C. The molecule has 1 aliphatic rings. The van der Waals surface area contributed by atoms with E-state index in [4.69, 9.17) is 5.73 Å². The van der Waals surface area contributed by atoms with Crippen LogP contribution in [0.1, 0.15) is 50.6 Å². The fraction of sp³-hybridized carbons (Fsp3) is 0.765. The summed E-state index contributed by atoms with van der Waals surface area (Å²) in [6.45, 7) is 12.2. The Bertz CT molecular complexity index is 535. The van der Waals surface area contributed by atoms with Crippen LogP contribution in [-0.2, 0) is 17.8 Å². The molecule has 1 saturated heterocycles. The Hall–Kier alpha value is -1.36. The molecule has 1 aromatic heterocycles.